The van der Waals surface area contributed by atoms with Crippen LogP contribution in [0.4, 0.5) is 5.82 Å². The Morgan fingerprint density at radius 3 is 3.05 bits per heavy atom. The molecule has 3 heterocycles. The standard InChI is InChI=1S/C13H10N4OS/c14-12-9-11(16-17-12)7-5-19-8-4-2-1-3-6(8)10(7)15-13(9)18/h1-4H,5H2,(H,15,18)(H3,14,16,17). The number of aromatic nitrogens is 3. The van der Waals surface area contributed by atoms with Gasteiger partial charge >= 0.3 is 0 Å². The molecule has 0 unspecified atom stereocenters. The van der Waals surface area contributed by atoms with E-state index in [2.05, 4.69) is 21.2 Å². The van der Waals surface area contributed by atoms with Gasteiger partial charge in [-0.05, 0) is 6.07 Å². The number of nitrogens with one attached hydrogen (secondary N) is 2. The van der Waals surface area contributed by atoms with Crippen molar-refractivity contribution < 1.29 is 0 Å². The summed E-state index contributed by atoms with van der Waals surface area (Å²) in [4.78, 5) is 16.3. The van der Waals surface area contributed by atoms with Gasteiger partial charge in [0.15, 0.2) is 5.82 Å². The van der Waals surface area contributed by atoms with Gasteiger partial charge in [-0.15, -0.1) is 11.8 Å². The Morgan fingerprint density at radius 1 is 1.32 bits per heavy atom. The summed E-state index contributed by atoms with van der Waals surface area (Å²) < 4.78 is 0. The van der Waals surface area contributed by atoms with Gasteiger partial charge in [0.05, 0.1) is 11.2 Å². The van der Waals surface area contributed by atoms with Gasteiger partial charge in [-0.2, -0.15) is 5.10 Å². The molecule has 0 aliphatic carbocycles. The summed E-state index contributed by atoms with van der Waals surface area (Å²) in [5, 5.41) is 7.28. The van der Waals surface area contributed by atoms with E-state index in [0.717, 1.165) is 28.1 Å². The summed E-state index contributed by atoms with van der Waals surface area (Å²) >= 11 is 1.75. The highest BCUT2D eigenvalue weighted by Crippen LogP contribution is 2.41. The summed E-state index contributed by atoms with van der Waals surface area (Å²) in [7, 11) is 0. The van der Waals surface area contributed by atoms with Crippen molar-refractivity contribution in [3.63, 3.8) is 0 Å². The fraction of sp³-hybridized carbons (Fsp3) is 0.0769. The maximum atomic E-state index is 12.1. The monoisotopic (exact) mass is 270 g/mol. The molecule has 4 rings (SSSR count). The third-order valence-corrected chi connectivity index (χ3v) is 4.49. The largest absolute Gasteiger partial charge is 0.382 e. The molecule has 0 saturated heterocycles. The van der Waals surface area contributed by atoms with Crippen LogP contribution >= 0.6 is 11.8 Å². The maximum absolute atomic E-state index is 12.1. The molecule has 0 radical (unpaired) electrons. The van der Waals surface area contributed by atoms with Gasteiger partial charge in [0.1, 0.15) is 5.39 Å². The Kier molecular flexibility index (Phi) is 2.05. The van der Waals surface area contributed by atoms with Gasteiger partial charge in [-0.25, -0.2) is 0 Å². The molecule has 0 atom stereocenters. The number of H-pyrrole nitrogens is 2. The predicted molar refractivity (Wildman–Crippen MR) is 76.1 cm³/mol. The second kappa shape index (κ2) is 3.64. The number of hydrogen-bond donors (Lipinski definition) is 3. The first-order valence-corrected chi connectivity index (χ1v) is 6.85. The number of pyridine rings is 1. The van der Waals surface area contributed by atoms with Crippen LogP contribution in [0.1, 0.15) is 5.56 Å². The molecule has 0 bridgehead atoms. The second-order valence-corrected chi connectivity index (χ2v) is 5.47. The van der Waals surface area contributed by atoms with Gasteiger partial charge in [0, 0.05) is 21.8 Å². The number of hydrogen-bond acceptors (Lipinski definition) is 4. The lowest BCUT2D eigenvalue weighted by Gasteiger charge is -2.18. The van der Waals surface area contributed by atoms with Crippen molar-refractivity contribution in [2.24, 2.45) is 0 Å². The zero-order valence-electron chi connectivity index (χ0n) is 9.86. The van der Waals surface area contributed by atoms with Gasteiger partial charge < -0.3 is 10.7 Å². The van der Waals surface area contributed by atoms with Crippen LogP contribution in [0.15, 0.2) is 34.0 Å². The number of rotatable bonds is 0. The number of nitrogens with zero attached hydrogens (tertiary/aromatic N) is 1. The van der Waals surface area contributed by atoms with Crippen molar-refractivity contribution in [2.45, 2.75) is 10.6 Å². The molecular weight excluding hydrogens is 260 g/mol. The Morgan fingerprint density at radius 2 is 2.16 bits per heavy atom. The average Bonchev–Trinajstić information content (AvgIpc) is 2.82. The van der Waals surface area contributed by atoms with Crippen LogP contribution in [0.25, 0.3) is 22.2 Å². The molecule has 0 amide bonds. The average molecular weight is 270 g/mol. The molecule has 19 heavy (non-hydrogen) atoms. The lowest BCUT2D eigenvalue weighted by Crippen LogP contribution is -2.12. The molecule has 6 heteroatoms. The molecule has 5 nitrogen and oxygen atoms in total. The number of anilines is 1. The summed E-state index contributed by atoms with van der Waals surface area (Å²) in [6, 6.07) is 8.05. The number of benzene rings is 1. The summed E-state index contributed by atoms with van der Waals surface area (Å²) in [6.45, 7) is 0. The first-order chi connectivity index (χ1) is 9.25. The fourth-order valence-corrected chi connectivity index (χ4v) is 3.59. The summed E-state index contributed by atoms with van der Waals surface area (Å²) in [5.74, 6) is 1.05. The van der Waals surface area contributed by atoms with Crippen LogP contribution < -0.4 is 11.3 Å². The topological polar surface area (TPSA) is 87.6 Å². The van der Waals surface area contributed by atoms with Crippen molar-refractivity contribution in [1.29, 1.82) is 0 Å². The van der Waals surface area contributed by atoms with Crippen molar-refractivity contribution >= 4 is 28.5 Å². The number of fused-ring (bicyclic) bond motifs is 5. The van der Waals surface area contributed by atoms with Crippen LogP contribution in [-0.4, -0.2) is 15.2 Å². The van der Waals surface area contributed by atoms with Gasteiger partial charge in [0.25, 0.3) is 5.56 Å². The second-order valence-electron chi connectivity index (χ2n) is 4.45. The van der Waals surface area contributed by atoms with Crippen LogP contribution in [0.3, 0.4) is 0 Å². The molecular formula is C13H10N4OS. The lowest BCUT2D eigenvalue weighted by atomic mass is 10.0. The van der Waals surface area contributed by atoms with E-state index in [1.54, 1.807) is 11.8 Å². The zero-order chi connectivity index (χ0) is 13.0. The van der Waals surface area contributed by atoms with Crippen LogP contribution in [0.2, 0.25) is 0 Å². The van der Waals surface area contributed by atoms with Crippen LogP contribution in [0, 0.1) is 0 Å². The molecule has 1 aliphatic heterocycles. The molecule has 1 aliphatic rings. The fourth-order valence-electron chi connectivity index (χ4n) is 2.50. The van der Waals surface area contributed by atoms with Crippen LogP contribution in [0.5, 0.6) is 0 Å². The molecule has 2 aromatic heterocycles. The van der Waals surface area contributed by atoms with Crippen LogP contribution in [-0.2, 0) is 5.75 Å². The smallest absolute Gasteiger partial charge is 0.261 e. The minimum atomic E-state index is -0.193. The molecule has 4 N–H and O–H groups in total. The van der Waals surface area contributed by atoms with Gasteiger partial charge in [-0.3, -0.25) is 9.89 Å². The highest BCUT2D eigenvalue weighted by Gasteiger charge is 2.22. The maximum Gasteiger partial charge on any atom is 0.261 e. The predicted octanol–water partition coefficient (Wildman–Crippen LogP) is 2.11. The van der Waals surface area contributed by atoms with Crippen molar-refractivity contribution in [2.75, 3.05) is 5.73 Å². The first-order valence-electron chi connectivity index (χ1n) is 5.86. The number of aromatic amines is 2. The Labute approximate surface area is 112 Å². The van der Waals surface area contributed by atoms with E-state index in [1.165, 1.54) is 4.90 Å². The van der Waals surface area contributed by atoms with Crippen molar-refractivity contribution in [3.05, 3.63) is 40.2 Å². The molecule has 0 spiro atoms. The normalized spacial score (nSPS) is 13.3. The molecule has 3 aromatic rings. The lowest BCUT2D eigenvalue weighted by molar-refractivity contribution is 1.11. The van der Waals surface area contributed by atoms with Gasteiger partial charge in [-0.1, -0.05) is 18.2 Å². The minimum absolute atomic E-state index is 0.193. The highest BCUT2D eigenvalue weighted by molar-refractivity contribution is 7.98. The molecule has 0 saturated carbocycles. The molecule has 94 valence electrons. The minimum Gasteiger partial charge on any atom is -0.382 e. The van der Waals surface area contributed by atoms with E-state index < -0.39 is 0 Å². The Hall–Kier alpha value is -2.21. The number of nitrogen functional groups attached to an aromatic ring is 1. The van der Waals surface area contributed by atoms with E-state index in [4.69, 9.17) is 5.73 Å². The van der Waals surface area contributed by atoms with E-state index in [-0.39, 0.29) is 11.4 Å². The number of thioether (sulfide) groups is 1. The zero-order valence-corrected chi connectivity index (χ0v) is 10.7. The molecule has 0 fully saturated rings. The quantitative estimate of drug-likeness (QED) is 0.584. The third kappa shape index (κ3) is 1.37. The van der Waals surface area contributed by atoms with E-state index >= 15 is 0 Å². The van der Waals surface area contributed by atoms with E-state index in [1.807, 2.05) is 18.2 Å². The molecule has 1 aromatic carbocycles. The Bertz CT molecular complexity index is 865. The van der Waals surface area contributed by atoms with Crippen molar-refractivity contribution in [3.8, 4) is 11.3 Å². The third-order valence-electron chi connectivity index (χ3n) is 3.39. The summed E-state index contributed by atoms with van der Waals surface area (Å²) in [5.41, 5.74) is 9.28. The van der Waals surface area contributed by atoms with Gasteiger partial charge in [0.2, 0.25) is 0 Å². The first kappa shape index (κ1) is 10.7. The highest BCUT2D eigenvalue weighted by atomic mass is 32.2. The van der Waals surface area contributed by atoms with E-state index in [9.17, 15) is 4.79 Å². The Balaban J connectivity index is 2.16. The van der Waals surface area contributed by atoms with E-state index in [0.29, 0.717) is 5.39 Å². The SMILES string of the molecule is Nc1n[nH]c2c3c([nH]c(=O)c12)-c1ccccc1SC3. The summed E-state index contributed by atoms with van der Waals surface area (Å²) in [6.07, 6.45) is 0. The van der Waals surface area contributed by atoms with Crippen molar-refractivity contribution in [1.82, 2.24) is 15.2 Å². The number of nitrogens with two attached hydrogens (primary N) is 1.